The second kappa shape index (κ2) is 11.4. The maximum absolute atomic E-state index is 6.53. The van der Waals surface area contributed by atoms with Crippen LogP contribution in [0, 0.1) is 0 Å². The normalized spacial score (nSPS) is 11.6. The fraction of sp³-hybridized carbons (Fsp3) is 0. The number of hydrogen-bond donors (Lipinski definition) is 0. The topological polar surface area (TPSA) is 56.7 Å². The van der Waals surface area contributed by atoms with Crippen LogP contribution in [0.5, 0.6) is 0 Å². The standard InChI is InChI=1S/C45H28N4O/c1-3-15-29(16-4-1)43-46-44(30-17-5-2-6-18-30)48-45(47-43)36-21-8-11-26-38(36)49-37-25-10-7-20-35(37)41-32(22-14-27-39(41)49)34-24-13-23-33-31-19-9-12-28-40(31)50-42(33)34/h1-28H. The van der Waals surface area contributed by atoms with Gasteiger partial charge in [0.25, 0.3) is 0 Å². The predicted octanol–water partition coefficient (Wildman–Crippen LogP) is 11.5. The fourth-order valence-corrected chi connectivity index (χ4v) is 7.25. The van der Waals surface area contributed by atoms with Crippen LogP contribution in [-0.2, 0) is 0 Å². The Morgan fingerprint density at radius 2 is 0.920 bits per heavy atom. The van der Waals surface area contributed by atoms with Crippen molar-refractivity contribution in [3.63, 3.8) is 0 Å². The number of hydrogen-bond acceptors (Lipinski definition) is 4. The van der Waals surface area contributed by atoms with Crippen molar-refractivity contribution >= 4 is 43.7 Å². The minimum Gasteiger partial charge on any atom is -0.455 e. The summed E-state index contributed by atoms with van der Waals surface area (Å²) in [6, 6.07) is 58.4. The minimum atomic E-state index is 0.613. The molecule has 3 heterocycles. The van der Waals surface area contributed by atoms with Crippen LogP contribution < -0.4 is 0 Å². The van der Waals surface area contributed by atoms with Crippen LogP contribution >= 0.6 is 0 Å². The molecule has 0 atom stereocenters. The molecule has 234 valence electrons. The molecule has 0 saturated carbocycles. The summed E-state index contributed by atoms with van der Waals surface area (Å²) in [6.07, 6.45) is 0. The molecular formula is C45H28N4O. The van der Waals surface area contributed by atoms with Crippen molar-refractivity contribution in [1.82, 2.24) is 19.5 Å². The zero-order chi connectivity index (χ0) is 33.0. The van der Waals surface area contributed by atoms with E-state index in [1.165, 1.54) is 0 Å². The third-order valence-electron chi connectivity index (χ3n) is 9.48. The molecular weight excluding hydrogens is 613 g/mol. The summed E-state index contributed by atoms with van der Waals surface area (Å²) in [5, 5.41) is 4.56. The molecule has 0 aliphatic carbocycles. The molecule has 0 spiro atoms. The van der Waals surface area contributed by atoms with Gasteiger partial charge in [0.05, 0.1) is 16.7 Å². The average molecular weight is 641 g/mol. The smallest absolute Gasteiger partial charge is 0.166 e. The van der Waals surface area contributed by atoms with Crippen molar-refractivity contribution in [3.05, 3.63) is 170 Å². The van der Waals surface area contributed by atoms with Gasteiger partial charge < -0.3 is 8.98 Å². The predicted molar refractivity (Wildman–Crippen MR) is 203 cm³/mol. The summed E-state index contributed by atoms with van der Waals surface area (Å²) in [5.41, 5.74) is 9.93. The molecule has 50 heavy (non-hydrogen) atoms. The van der Waals surface area contributed by atoms with E-state index in [2.05, 4.69) is 102 Å². The summed E-state index contributed by atoms with van der Waals surface area (Å²) >= 11 is 0. The Kier molecular flexibility index (Phi) is 6.42. The van der Waals surface area contributed by atoms with E-state index in [1.807, 2.05) is 72.8 Å². The van der Waals surface area contributed by atoms with E-state index in [0.29, 0.717) is 17.5 Å². The van der Waals surface area contributed by atoms with Crippen molar-refractivity contribution in [1.29, 1.82) is 0 Å². The maximum atomic E-state index is 6.53. The van der Waals surface area contributed by atoms with Gasteiger partial charge in [0.1, 0.15) is 11.2 Å². The summed E-state index contributed by atoms with van der Waals surface area (Å²) in [4.78, 5) is 15.1. The molecule has 3 aromatic heterocycles. The molecule has 0 radical (unpaired) electrons. The van der Waals surface area contributed by atoms with Gasteiger partial charge in [-0.2, -0.15) is 0 Å². The minimum absolute atomic E-state index is 0.613. The lowest BCUT2D eigenvalue weighted by molar-refractivity contribution is 0.670. The number of rotatable bonds is 5. The third kappa shape index (κ3) is 4.45. The van der Waals surface area contributed by atoms with Crippen LogP contribution in [0.15, 0.2) is 174 Å². The molecule has 5 nitrogen and oxygen atoms in total. The van der Waals surface area contributed by atoms with Crippen LogP contribution in [0.4, 0.5) is 0 Å². The van der Waals surface area contributed by atoms with E-state index < -0.39 is 0 Å². The lowest BCUT2D eigenvalue weighted by Gasteiger charge is -2.14. The van der Waals surface area contributed by atoms with Gasteiger partial charge in [0.15, 0.2) is 17.5 Å². The van der Waals surface area contributed by atoms with Gasteiger partial charge in [-0.15, -0.1) is 0 Å². The second-order valence-corrected chi connectivity index (χ2v) is 12.4. The van der Waals surface area contributed by atoms with Crippen LogP contribution in [0.3, 0.4) is 0 Å². The van der Waals surface area contributed by atoms with Crippen LogP contribution in [0.1, 0.15) is 0 Å². The monoisotopic (exact) mass is 640 g/mol. The Hall–Kier alpha value is -6.85. The molecule has 7 aromatic carbocycles. The van der Waals surface area contributed by atoms with Crippen LogP contribution in [0.2, 0.25) is 0 Å². The van der Waals surface area contributed by atoms with Crippen molar-refractivity contribution in [2.24, 2.45) is 0 Å². The Bertz CT molecular complexity index is 2810. The summed E-state index contributed by atoms with van der Waals surface area (Å²) in [7, 11) is 0. The van der Waals surface area contributed by atoms with E-state index in [1.54, 1.807) is 0 Å². The van der Waals surface area contributed by atoms with E-state index in [9.17, 15) is 0 Å². The molecule has 0 amide bonds. The van der Waals surface area contributed by atoms with E-state index in [4.69, 9.17) is 19.4 Å². The van der Waals surface area contributed by atoms with E-state index in [-0.39, 0.29) is 0 Å². The Morgan fingerprint density at radius 3 is 1.70 bits per heavy atom. The molecule has 0 aliphatic rings. The van der Waals surface area contributed by atoms with Gasteiger partial charge >= 0.3 is 0 Å². The Labute approximate surface area is 287 Å². The van der Waals surface area contributed by atoms with Crippen molar-refractivity contribution in [3.8, 4) is 51.0 Å². The van der Waals surface area contributed by atoms with Crippen LogP contribution in [0.25, 0.3) is 94.7 Å². The quantitative estimate of drug-likeness (QED) is 0.188. The first kappa shape index (κ1) is 28.2. The van der Waals surface area contributed by atoms with Gasteiger partial charge in [0.2, 0.25) is 0 Å². The van der Waals surface area contributed by atoms with Crippen molar-refractivity contribution in [2.75, 3.05) is 0 Å². The summed E-state index contributed by atoms with van der Waals surface area (Å²) < 4.78 is 8.88. The van der Waals surface area contributed by atoms with Gasteiger partial charge in [-0.25, -0.2) is 15.0 Å². The number of para-hydroxylation sites is 4. The largest absolute Gasteiger partial charge is 0.455 e. The number of nitrogens with zero attached hydrogens (tertiary/aromatic N) is 4. The maximum Gasteiger partial charge on any atom is 0.166 e. The average Bonchev–Trinajstić information content (AvgIpc) is 3.75. The van der Waals surface area contributed by atoms with Gasteiger partial charge in [-0.05, 0) is 35.9 Å². The number of fused-ring (bicyclic) bond motifs is 6. The molecule has 0 saturated heterocycles. The third-order valence-corrected chi connectivity index (χ3v) is 9.48. The van der Waals surface area contributed by atoms with Gasteiger partial charge in [-0.1, -0.05) is 140 Å². The highest BCUT2D eigenvalue weighted by atomic mass is 16.3. The SMILES string of the molecule is c1ccc(-c2nc(-c3ccccc3)nc(-c3ccccc3-n3c4ccccc4c4c(-c5cccc6c5oc5ccccc56)cccc43)n2)cc1. The lowest BCUT2D eigenvalue weighted by Crippen LogP contribution is -2.03. The van der Waals surface area contributed by atoms with E-state index >= 15 is 0 Å². The molecule has 0 bridgehead atoms. The highest BCUT2D eigenvalue weighted by Crippen LogP contribution is 2.43. The molecule has 0 aliphatic heterocycles. The fourth-order valence-electron chi connectivity index (χ4n) is 7.25. The Morgan fingerprint density at radius 1 is 0.380 bits per heavy atom. The van der Waals surface area contributed by atoms with Crippen molar-refractivity contribution < 1.29 is 4.42 Å². The first-order chi connectivity index (χ1) is 24.8. The lowest BCUT2D eigenvalue weighted by atomic mass is 9.97. The van der Waals surface area contributed by atoms with Gasteiger partial charge in [0, 0.05) is 43.8 Å². The first-order valence-electron chi connectivity index (χ1n) is 16.7. The molecule has 10 rings (SSSR count). The Balaban J connectivity index is 1.24. The molecule has 10 aromatic rings. The number of benzene rings is 7. The summed E-state index contributed by atoms with van der Waals surface area (Å²) in [6.45, 7) is 0. The molecule has 0 fully saturated rings. The van der Waals surface area contributed by atoms with E-state index in [0.717, 1.165) is 77.2 Å². The molecule has 0 N–H and O–H groups in total. The molecule has 5 heteroatoms. The zero-order valence-corrected chi connectivity index (χ0v) is 26.9. The van der Waals surface area contributed by atoms with Crippen LogP contribution in [-0.4, -0.2) is 19.5 Å². The first-order valence-corrected chi connectivity index (χ1v) is 16.7. The highest BCUT2D eigenvalue weighted by molar-refractivity contribution is 6.19. The second-order valence-electron chi connectivity index (χ2n) is 12.4. The van der Waals surface area contributed by atoms with Crippen molar-refractivity contribution in [2.45, 2.75) is 0 Å². The number of furan rings is 1. The van der Waals surface area contributed by atoms with Gasteiger partial charge in [-0.3, -0.25) is 0 Å². The zero-order valence-electron chi connectivity index (χ0n) is 26.9. The molecule has 0 unspecified atom stereocenters. The highest BCUT2D eigenvalue weighted by Gasteiger charge is 2.22. The summed E-state index contributed by atoms with van der Waals surface area (Å²) in [5.74, 6) is 1.88. The number of aromatic nitrogens is 4.